The molecule has 2 aromatic rings. The lowest BCUT2D eigenvalue weighted by molar-refractivity contribution is 0.0621. The number of amides is 2. The fraction of sp³-hybridized carbons (Fsp3) is 0.636. The van der Waals surface area contributed by atoms with Gasteiger partial charge in [0.2, 0.25) is 5.89 Å². The molecule has 1 aromatic heterocycles. The van der Waals surface area contributed by atoms with Crippen LogP contribution in [0.15, 0.2) is 10.5 Å². The third-order valence-electron chi connectivity index (χ3n) is 7.00. The third-order valence-corrected chi connectivity index (χ3v) is 7.30. The Bertz CT molecular complexity index is 945. The van der Waals surface area contributed by atoms with Crippen LogP contribution >= 0.6 is 11.6 Å². The largest absolute Gasteiger partial charge is 0.439 e. The number of fused-ring (bicyclic) bond motifs is 4. The van der Waals surface area contributed by atoms with Gasteiger partial charge in [0.1, 0.15) is 5.52 Å². The summed E-state index contributed by atoms with van der Waals surface area (Å²) in [5, 5.41) is 10.2. The van der Waals surface area contributed by atoms with Crippen LogP contribution in [-0.2, 0) is 16.8 Å². The van der Waals surface area contributed by atoms with Crippen molar-refractivity contribution in [3.63, 3.8) is 0 Å². The van der Waals surface area contributed by atoms with E-state index >= 15 is 0 Å². The summed E-state index contributed by atoms with van der Waals surface area (Å²) in [6.45, 7) is 0.580. The summed E-state index contributed by atoms with van der Waals surface area (Å²) in [5.74, 6) is 0.659. The summed E-state index contributed by atoms with van der Waals surface area (Å²) in [5.41, 5.74) is 2.69. The number of nitrogens with zero attached hydrogens (tertiary/aromatic N) is 1. The molecule has 8 heteroatoms. The molecule has 2 aliphatic carbocycles. The van der Waals surface area contributed by atoms with Gasteiger partial charge < -0.3 is 25.1 Å². The molecule has 7 nitrogen and oxygen atoms in total. The van der Waals surface area contributed by atoms with Crippen molar-refractivity contribution in [1.29, 1.82) is 0 Å². The molecule has 0 bridgehead atoms. The van der Waals surface area contributed by atoms with E-state index in [4.69, 9.17) is 25.7 Å². The molecule has 3 aliphatic rings. The predicted octanol–water partition coefficient (Wildman–Crippen LogP) is 4.82. The van der Waals surface area contributed by atoms with E-state index in [9.17, 15) is 4.79 Å². The zero-order valence-corrected chi connectivity index (χ0v) is 18.1. The normalized spacial score (nSPS) is 25.7. The van der Waals surface area contributed by atoms with E-state index in [2.05, 4.69) is 16.0 Å². The molecule has 0 radical (unpaired) electrons. The number of anilines is 1. The molecular weight excluding hydrogens is 404 g/mol. The molecule has 0 unspecified atom stereocenters. The van der Waals surface area contributed by atoms with Crippen molar-refractivity contribution < 1.29 is 13.9 Å². The highest BCUT2D eigenvalue weighted by Gasteiger charge is 2.44. The Hall–Kier alpha value is -1.83. The summed E-state index contributed by atoms with van der Waals surface area (Å²) < 4.78 is 11.7. The third kappa shape index (κ3) is 3.57. The Morgan fingerprint density at radius 2 is 2.03 bits per heavy atom. The maximum atomic E-state index is 12.4. The summed E-state index contributed by atoms with van der Waals surface area (Å²) in [6, 6.07) is 2.06. The number of carbonyl (C=O) groups is 1. The standard InChI is InChI=1S/C22H29ClN4O3/c1-29-14-7-5-13(6-8-14)24-12-17-25-16-11-15(23)19-18(20(16)30-17)22(27-21(28)26-19)9-3-2-4-10-22/h11,13-14,24H,2-10,12H2,1H3,(H2,26,27,28)/t13-,14-. The Labute approximate surface area is 181 Å². The Balaban J connectivity index is 1.44. The van der Waals surface area contributed by atoms with E-state index in [1.54, 1.807) is 13.2 Å². The molecule has 2 saturated carbocycles. The smallest absolute Gasteiger partial charge is 0.319 e. The minimum absolute atomic E-state index is 0.196. The molecule has 3 N–H and O–H groups in total. The zero-order chi connectivity index (χ0) is 20.7. The number of hydrogen-bond acceptors (Lipinski definition) is 5. The topological polar surface area (TPSA) is 88.4 Å². The summed E-state index contributed by atoms with van der Waals surface area (Å²) in [7, 11) is 1.79. The molecule has 1 aliphatic heterocycles. The molecule has 2 amide bonds. The molecule has 1 spiro atoms. The number of rotatable bonds is 4. The van der Waals surface area contributed by atoms with Gasteiger partial charge in [-0.25, -0.2) is 9.78 Å². The molecular formula is C22H29ClN4O3. The van der Waals surface area contributed by atoms with Gasteiger partial charge in [-0.15, -0.1) is 0 Å². The van der Waals surface area contributed by atoms with Crippen LogP contribution in [0.2, 0.25) is 5.02 Å². The average Bonchev–Trinajstić information content (AvgIpc) is 3.15. The highest BCUT2D eigenvalue weighted by atomic mass is 35.5. The van der Waals surface area contributed by atoms with Gasteiger partial charge in [0.15, 0.2) is 5.58 Å². The van der Waals surface area contributed by atoms with E-state index in [1.165, 1.54) is 6.42 Å². The maximum absolute atomic E-state index is 12.4. The molecule has 2 heterocycles. The van der Waals surface area contributed by atoms with Crippen LogP contribution in [0.5, 0.6) is 0 Å². The average molecular weight is 433 g/mol. The lowest BCUT2D eigenvalue weighted by Crippen LogP contribution is -2.52. The Morgan fingerprint density at radius 1 is 1.27 bits per heavy atom. The van der Waals surface area contributed by atoms with Crippen molar-refractivity contribution in [3.8, 4) is 0 Å². The number of ether oxygens (including phenoxy) is 1. The second kappa shape index (κ2) is 8.02. The second-order valence-electron chi connectivity index (χ2n) is 8.88. The van der Waals surface area contributed by atoms with Crippen LogP contribution in [0.1, 0.15) is 69.2 Å². The van der Waals surface area contributed by atoms with Crippen LogP contribution < -0.4 is 16.0 Å². The molecule has 0 saturated heterocycles. The SMILES string of the molecule is CO[C@H]1CC[C@H](NCc2nc3cc(Cl)c4c(c3o2)C2(CCCCC2)NC(=O)N4)CC1. The van der Waals surface area contributed by atoms with Gasteiger partial charge in [-0.2, -0.15) is 0 Å². The zero-order valence-electron chi connectivity index (χ0n) is 17.4. The number of nitrogens with one attached hydrogen (secondary N) is 3. The molecule has 0 atom stereocenters. The molecule has 2 fully saturated rings. The van der Waals surface area contributed by atoms with Crippen LogP contribution in [0.25, 0.3) is 11.1 Å². The number of oxazole rings is 1. The van der Waals surface area contributed by atoms with Crippen LogP contribution in [0, 0.1) is 0 Å². The van der Waals surface area contributed by atoms with Crippen molar-refractivity contribution in [3.05, 3.63) is 22.5 Å². The predicted molar refractivity (Wildman–Crippen MR) is 116 cm³/mol. The first-order chi connectivity index (χ1) is 14.6. The monoisotopic (exact) mass is 432 g/mol. The minimum atomic E-state index is -0.429. The van der Waals surface area contributed by atoms with E-state index in [-0.39, 0.29) is 6.03 Å². The van der Waals surface area contributed by atoms with Crippen molar-refractivity contribution in [2.24, 2.45) is 0 Å². The fourth-order valence-electron chi connectivity index (χ4n) is 5.42. The molecule has 162 valence electrons. The van der Waals surface area contributed by atoms with Gasteiger partial charge in [0, 0.05) is 18.7 Å². The van der Waals surface area contributed by atoms with Gasteiger partial charge >= 0.3 is 6.03 Å². The van der Waals surface area contributed by atoms with Crippen molar-refractivity contribution >= 4 is 34.4 Å². The van der Waals surface area contributed by atoms with Gasteiger partial charge in [-0.1, -0.05) is 30.9 Å². The lowest BCUT2D eigenvalue weighted by atomic mass is 9.74. The first-order valence-corrected chi connectivity index (χ1v) is 11.4. The van der Waals surface area contributed by atoms with E-state index < -0.39 is 5.54 Å². The number of urea groups is 1. The Kier molecular flexibility index (Phi) is 5.37. The molecule has 5 rings (SSSR count). The number of hydrogen-bond donors (Lipinski definition) is 3. The number of benzene rings is 1. The molecule has 1 aromatic carbocycles. The quantitative estimate of drug-likeness (QED) is 0.644. The highest BCUT2D eigenvalue weighted by molar-refractivity contribution is 6.35. The van der Waals surface area contributed by atoms with E-state index in [1.807, 2.05) is 0 Å². The number of carbonyl (C=O) groups excluding carboxylic acids is 1. The van der Waals surface area contributed by atoms with E-state index in [0.29, 0.717) is 35.3 Å². The lowest BCUT2D eigenvalue weighted by Gasteiger charge is -2.42. The van der Waals surface area contributed by atoms with Crippen molar-refractivity contribution in [2.75, 3.05) is 12.4 Å². The first kappa shape index (κ1) is 20.1. The van der Waals surface area contributed by atoms with Crippen LogP contribution in [0.4, 0.5) is 10.5 Å². The van der Waals surface area contributed by atoms with Gasteiger partial charge in [-0.05, 0) is 44.6 Å². The summed E-state index contributed by atoms with van der Waals surface area (Å²) in [4.78, 5) is 17.1. The number of methoxy groups -OCH3 is 1. The minimum Gasteiger partial charge on any atom is -0.439 e. The maximum Gasteiger partial charge on any atom is 0.319 e. The Morgan fingerprint density at radius 3 is 2.77 bits per heavy atom. The molecule has 30 heavy (non-hydrogen) atoms. The van der Waals surface area contributed by atoms with E-state index in [0.717, 1.165) is 68.0 Å². The first-order valence-electron chi connectivity index (χ1n) is 11.1. The second-order valence-corrected chi connectivity index (χ2v) is 9.28. The summed E-state index contributed by atoms with van der Waals surface area (Å²) >= 11 is 6.57. The van der Waals surface area contributed by atoms with Crippen LogP contribution in [-0.4, -0.2) is 30.3 Å². The number of aromatic nitrogens is 1. The van der Waals surface area contributed by atoms with Gasteiger partial charge in [0.05, 0.1) is 28.9 Å². The van der Waals surface area contributed by atoms with Crippen molar-refractivity contribution in [2.45, 2.75) is 82.0 Å². The number of halogens is 1. The van der Waals surface area contributed by atoms with Crippen LogP contribution in [0.3, 0.4) is 0 Å². The fourth-order valence-corrected chi connectivity index (χ4v) is 5.67. The highest BCUT2D eigenvalue weighted by Crippen LogP contribution is 2.48. The van der Waals surface area contributed by atoms with Gasteiger partial charge in [-0.3, -0.25) is 0 Å². The van der Waals surface area contributed by atoms with Gasteiger partial charge in [0.25, 0.3) is 0 Å². The van der Waals surface area contributed by atoms with Crippen molar-refractivity contribution in [1.82, 2.24) is 15.6 Å². The summed E-state index contributed by atoms with van der Waals surface area (Å²) in [6.07, 6.45) is 9.84.